The average molecular weight is 515 g/mol. The van der Waals surface area contributed by atoms with Gasteiger partial charge in [-0.1, -0.05) is 6.07 Å². The van der Waals surface area contributed by atoms with Gasteiger partial charge in [-0.3, -0.25) is 14.9 Å². The van der Waals surface area contributed by atoms with Crippen LogP contribution in [0, 0.1) is 10.1 Å². The number of nitro benzene ring substituents is 1. The lowest BCUT2D eigenvalue weighted by molar-refractivity contribution is -0.386. The predicted octanol–water partition coefficient (Wildman–Crippen LogP) is 3.92. The molecule has 0 saturated heterocycles. The Bertz CT molecular complexity index is 1270. The molecular weight excluding hydrogens is 488 g/mol. The van der Waals surface area contributed by atoms with Gasteiger partial charge in [0.2, 0.25) is 5.75 Å². The molecule has 1 aliphatic heterocycles. The van der Waals surface area contributed by atoms with E-state index in [0.717, 1.165) is 4.88 Å². The van der Waals surface area contributed by atoms with E-state index in [0.29, 0.717) is 23.4 Å². The fourth-order valence-electron chi connectivity index (χ4n) is 4.74. The van der Waals surface area contributed by atoms with Gasteiger partial charge in [0.25, 0.3) is 0 Å². The van der Waals surface area contributed by atoms with E-state index in [9.17, 15) is 24.8 Å². The quantitative estimate of drug-likeness (QED) is 0.232. The van der Waals surface area contributed by atoms with Crippen LogP contribution in [0.2, 0.25) is 0 Å². The van der Waals surface area contributed by atoms with Crippen molar-refractivity contribution in [3.05, 3.63) is 72.7 Å². The van der Waals surface area contributed by atoms with Gasteiger partial charge in [-0.2, -0.15) is 0 Å². The molecule has 1 aromatic heterocycles. The second-order valence-corrected chi connectivity index (χ2v) is 9.49. The minimum atomic E-state index is -0.943. The molecule has 0 spiro atoms. The number of ether oxygens (including phenoxy) is 3. The van der Waals surface area contributed by atoms with E-state index in [1.165, 1.54) is 26.4 Å². The van der Waals surface area contributed by atoms with Crippen molar-refractivity contribution in [2.45, 2.75) is 31.6 Å². The number of rotatable bonds is 8. The van der Waals surface area contributed by atoms with Gasteiger partial charge in [0.05, 0.1) is 24.2 Å². The molecule has 10 nitrogen and oxygen atoms in total. The maximum Gasteiger partial charge on any atom is 0.336 e. The zero-order valence-corrected chi connectivity index (χ0v) is 20.8. The van der Waals surface area contributed by atoms with E-state index < -0.39 is 28.2 Å². The summed E-state index contributed by atoms with van der Waals surface area (Å²) in [5.74, 6) is -2.57. The highest BCUT2D eigenvalue weighted by Gasteiger charge is 2.42. The van der Waals surface area contributed by atoms with Crippen LogP contribution in [-0.2, 0) is 19.1 Å². The summed E-state index contributed by atoms with van der Waals surface area (Å²) in [6, 6.07) is 6.51. The van der Waals surface area contributed by atoms with Gasteiger partial charge in [-0.25, -0.2) is 4.79 Å². The number of Topliss-reactive ketones (excluding diaryl/α,β-unsaturated/α-hetero) is 1. The van der Waals surface area contributed by atoms with Crippen LogP contribution >= 0.6 is 11.3 Å². The van der Waals surface area contributed by atoms with Gasteiger partial charge < -0.3 is 24.6 Å². The molecule has 1 aliphatic carbocycles. The number of dihydropyridines is 1. The van der Waals surface area contributed by atoms with Gasteiger partial charge in [0.1, 0.15) is 6.61 Å². The second-order valence-electron chi connectivity index (χ2n) is 8.51. The van der Waals surface area contributed by atoms with Gasteiger partial charge in [-0.05, 0) is 36.4 Å². The van der Waals surface area contributed by atoms with Crippen LogP contribution in [0.5, 0.6) is 11.5 Å². The number of carbonyl (C=O) groups is 2. The third-order valence-electron chi connectivity index (χ3n) is 6.34. The summed E-state index contributed by atoms with van der Waals surface area (Å²) >= 11 is 1.58. The molecule has 0 bridgehead atoms. The Balaban J connectivity index is 1.86. The number of phenols is 1. The molecule has 2 aromatic rings. The highest BCUT2D eigenvalue weighted by Crippen LogP contribution is 2.49. The van der Waals surface area contributed by atoms with Crippen molar-refractivity contribution in [1.29, 1.82) is 0 Å². The number of allylic oxidation sites excluding steroid dienone is 3. The van der Waals surface area contributed by atoms with Crippen LogP contribution in [0.4, 0.5) is 5.69 Å². The maximum absolute atomic E-state index is 13.6. The number of hydrogen-bond acceptors (Lipinski definition) is 10. The van der Waals surface area contributed by atoms with Crippen molar-refractivity contribution in [2.24, 2.45) is 0 Å². The molecular formula is C25H26N2O8S. The number of nitrogens with one attached hydrogen (secondary N) is 1. The van der Waals surface area contributed by atoms with E-state index in [1.54, 1.807) is 18.3 Å². The Labute approximate surface area is 211 Å². The third kappa shape index (κ3) is 4.71. The zero-order chi connectivity index (χ0) is 26.0. The zero-order valence-electron chi connectivity index (χ0n) is 20.0. The van der Waals surface area contributed by atoms with Gasteiger partial charge >= 0.3 is 11.7 Å². The Kier molecular flexibility index (Phi) is 7.41. The summed E-state index contributed by atoms with van der Waals surface area (Å²) in [6.07, 6.45) is 0.776. The fraction of sp³-hybridized carbons (Fsp3) is 0.360. The van der Waals surface area contributed by atoms with Crippen LogP contribution in [0.1, 0.15) is 42.0 Å². The van der Waals surface area contributed by atoms with Crippen LogP contribution in [-0.4, -0.2) is 49.2 Å². The van der Waals surface area contributed by atoms with Crippen LogP contribution in [0.3, 0.4) is 0 Å². The topological polar surface area (TPSA) is 137 Å². The summed E-state index contributed by atoms with van der Waals surface area (Å²) in [5, 5.41) is 27.2. The van der Waals surface area contributed by atoms with E-state index in [-0.39, 0.29) is 48.2 Å². The lowest BCUT2D eigenvalue weighted by Gasteiger charge is -2.36. The monoisotopic (exact) mass is 514 g/mol. The average Bonchev–Trinajstić information content (AvgIpc) is 3.38. The van der Waals surface area contributed by atoms with Gasteiger partial charge in [-0.15, -0.1) is 11.3 Å². The molecule has 2 N–H and O–H groups in total. The number of nitro groups is 1. The van der Waals surface area contributed by atoms with Crippen molar-refractivity contribution >= 4 is 28.8 Å². The molecule has 190 valence electrons. The summed E-state index contributed by atoms with van der Waals surface area (Å²) in [4.78, 5) is 38.8. The first kappa shape index (κ1) is 25.4. The van der Waals surface area contributed by atoms with Gasteiger partial charge in [0.15, 0.2) is 11.5 Å². The lowest BCUT2D eigenvalue weighted by atomic mass is 9.72. The first-order valence-electron chi connectivity index (χ1n) is 11.3. The smallest absolute Gasteiger partial charge is 0.336 e. The highest BCUT2D eigenvalue weighted by molar-refractivity contribution is 7.10. The normalized spacial score (nSPS) is 19.6. The summed E-state index contributed by atoms with van der Waals surface area (Å²) in [5.41, 5.74) is 1.34. The van der Waals surface area contributed by atoms with Crippen LogP contribution in [0.25, 0.3) is 0 Å². The van der Waals surface area contributed by atoms with Gasteiger partial charge in [0, 0.05) is 53.3 Å². The molecule has 0 saturated carbocycles. The molecule has 0 amide bonds. The number of methoxy groups -OCH3 is 2. The molecule has 4 rings (SSSR count). The number of ketones is 1. The number of hydrogen-bond donors (Lipinski definition) is 2. The molecule has 2 aliphatic rings. The molecule has 2 heterocycles. The van der Waals surface area contributed by atoms with E-state index in [2.05, 4.69) is 5.32 Å². The first-order chi connectivity index (χ1) is 17.3. The van der Waals surface area contributed by atoms with E-state index in [4.69, 9.17) is 14.2 Å². The molecule has 36 heavy (non-hydrogen) atoms. The van der Waals surface area contributed by atoms with Crippen molar-refractivity contribution in [3.63, 3.8) is 0 Å². The molecule has 11 heteroatoms. The molecule has 1 aromatic carbocycles. The largest absolute Gasteiger partial charge is 0.500 e. The van der Waals surface area contributed by atoms with E-state index in [1.807, 2.05) is 17.5 Å². The molecule has 0 unspecified atom stereocenters. The number of phenolic OH excluding ortho intramolecular Hbond substituents is 1. The Morgan fingerprint density at radius 1 is 1.28 bits per heavy atom. The Hall–Kier alpha value is -3.70. The lowest BCUT2D eigenvalue weighted by Crippen LogP contribution is -2.36. The van der Waals surface area contributed by atoms with Crippen LogP contribution in [0.15, 0.2) is 52.2 Å². The highest BCUT2D eigenvalue weighted by atomic mass is 32.1. The summed E-state index contributed by atoms with van der Waals surface area (Å²) < 4.78 is 15.5. The summed E-state index contributed by atoms with van der Waals surface area (Å²) in [6.45, 7) is 1.89. The SMILES string of the molecule is COCCOC(=O)C1=C(C)NC2=C(C(=O)C[C@@H](c3cccs3)C2)[C@H]1c1cc(OC)c(O)c([N+](=O)[O-])c1. The second kappa shape index (κ2) is 10.5. The fourth-order valence-corrected chi connectivity index (χ4v) is 5.57. The molecule has 0 radical (unpaired) electrons. The Morgan fingerprint density at radius 3 is 2.69 bits per heavy atom. The maximum atomic E-state index is 13.6. The van der Waals surface area contributed by atoms with Crippen molar-refractivity contribution in [1.82, 2.24) is 5.32 Å². The number of benzene rings is 1. The summed E-state index contributed by atoms with van der Waals surface area (Å²) in [7, 11) is 2.75. The van der Waals surface area contributed by atoms with Crippen molar-refractivity contribution in [3.8, 4) is 11.5 Å². The molecule has 0 fully saturated rings. The Morgan fingerprint density at radius 2 is 2.06 bits per heavy atom. The number of nitrogens with zero attached hydrogens (tertiary/aromatic N) is 1. The minimum absolute atomic E-state index is 0.00180. The van der Waals surface area contributed by atoms with Crippen molar-refractivity contribution in [2.75, 3.05) is 27.4 Å². The minimum Gasteiger partial charge on any atom is -0.500 e. The standard InChI is InChI=1S/C25H26N2O8S/c1-13-21(25(30)35-7-6-33-2)22(15-10-17(27(31)32)24(29)19(12-15)34-3)23-16(26-13)9-14(11-18(23)28)20-5-4-8-36-20/h4-5,8,10,12,14,22,26,29H,6-7,9,11H2,1-3H3/t14-,22-/m0/s1. The number of aromatic hydroxyl groups is 1. The van der Waals surface area contributed by atoms with Crippen molar-refractivity contribution < 1.29 is 33.8 Å². The first-order valence-corrected chi connectivity index (χ1v) is 12.1. The third-order valence-corrected chi connectivity index (χ3v) is 7.38. The predicted molar refractivity (Wildman–Crippen MR) is 131 cm³/mol. The number of carbonyl (C=O) groups excluding carboxylic acids is 2. The molecule has 2 atom stereocenters. The van der Waals surface area contributed by atoms with E-state index >= 15 is 0 Å². The number of esters is 1. The number of thiophene rings is 1. The van der Waals surface area contributed by atoms with Crippen LogP contribution < -0.4 is 10.1 Å².